The number of rotatable bonds is 5. The molecule has 1 aromatic rings. The standard InChI is InChI=1S/C18H25N/c1-12-3-2-4-15(9-12)16-10-17(11-16)19-18(13-5-6-13)14-7-8-14/h2-4,9,13-14,16-19H,5-8,10-11H2,1H3. The smallest absolute Gasteiger partial charge is 0.0126 e. The van der Waals surface area contributed by atoms with Crippen molar-refractivity contribution in [2.75, 3.05) is 0 Å². The van der Waals surface area contributed by atoms with Crippen LogP contribution in [-0.4, -0.2) is 12.1 Å². The summed E-state index contributed by atoms with van der Waals surface area (Å²) in [5.41, 5.74) is 2.97. The summed E-state index contributed by atoms with van der Waals surface area (Å²) in [6.45, 7) is 2.20. The lowest BCUT2D eigenvalue weighted by molar-refractivity contribution is 0.242. The van der Waals surface area contributed by atoms with Crippen LogP contribution in [0.3, 0.4) is 0 Å². The Bertz CT molecular complexity index is 441. The van der Waals surface area contributed by atoms with Crippen molar-refractivity contribution in [3.63, 3.8) is 0 Å². The van der Waals surface area contributed by atoms with E-state index in [-0.39, 0.29) is 0 Å². The van der Waals surface area contributed by atoms with Crippen LogP contribution < -0.4 is 5.32 Å². The normalized spacial score (nSPS) is 30.4. The van der Waals surface area contributed by atoms with Crippen LogP contribution in [0.5, 0.6) is 0 Å². The lowest BCUT2D eigenvalue weighted by Crippen LogP contribution is -2.47. The quantitative estimate of drug-likeness (QED) is 0.838. The third kappa shape index (κ3) is 2.58. The molecule has 3 saturated carbocycles. The van der Waals surface area contributed by atoms with Gasteiger partial charge in [-0.2, -0.15) is 0 Å². The lowest BCUT2D eigenvalue weighted by Gasteiger charge is -2.39. The summed E-state index contributed by atoms with van der Waals surface area (Å²) < 4.78 is 0. The molecule has 3 fully saturated rings. The zero-order chi connectivity index (χ0) is 12.8. The van der Waals surface area contributed by atoms with Crippen molar-refractivity contribution in [3.8, 4) is 0 Å². The summed E-state index contributed by atoms with van der Waals surface area (Å²) in [4.78, 5) is 0. The minimum atomic E-state index is 0.803. The van der Waals surface area contributed by atoms with Gasteiger partial charge in [-0.1, -0.05) is 29.8 Å². The van der Waals surface area contributed by atoms with Crippen molar-refractivity contribution >= 4 is 0 Å². The molecule has 0 unspecified atom stereocenters. The molecule has 1 nitrogen and oxygen atoms in total. The average molecular weight is 255 g/mol. The van der Waals surface area contributed by atoms with Crippen LogP contribution in [0.25, 0.3) is 0 Å². The van der Waals surface area contributed by atoms with Gasteiger partial charge in [-0.15, -0.1) is 0 Å². The molecule has 0 spiro atoms. The molecule has 0 heterocycles. The fourth-order valence-corrected chi connectivity index (χ4v) is 3.79. The second-order valence-corrected chi connectivity index (χ2v) is 7.15. The first-order valence-electron chi connectivity index (χ1n) is 8.12. The molecule has 3 aliphatic rings. The van der Waals surface area contributed by atoms with Gasteiger partial charge in [-0.25, -0.2) is 0 Å². The first-order chi connectivity index (χ1) is 9.29. The van der Waals surface area contributed by atoms with Gasteiger partial charge >= 0.3 is 0 Å². The van der Waals surface area contributed by atoms with E-state index in [1.807, 2.05) is 0 Å². The minimum absolute atomic E-state index is 0.803. The third-order valence-corrected chi connectivity index (χ3v) is 5.34. The van der Waals surface area contributed by atoms with Gasteiger partial charge in [-0.05, 0) is 68.8 Å². The molecule has 3 aliphatic carbocycles. The Kier molecular flexibility index (Phi) is 2.91. The summed E-state index contributed by atoms with van der Waals surface area (Å²) in [7, 11) is 0. The zero-order valence-corrected chi connectivity index (χ0v) is 11.9. The predicted octanol–water partition coefficient (Wildman–Crippen LogP) is 4.02. The zero-order valence-electron chi connectivity index (χ0n) is 11.9. The summed E-state index contributed by atoms with van der Waals surface area (Å²) in [6, 6.07) is 10.8. The highest BCUT2D eigenvalue weighted by molar-refractivity contribution is 5.27. The van der Waals surface area contributed by atoms with E-state index in [0.29, 0.717) is 0 Å². The van der Waals surface area contributed by atoms with Crippen molar-refractivity contribution < 1.29 is 0 Å². The van der Waals surface area contributed by atoms with Crippen LogP contribution in [0.2, 0.25) is 0 Å². The average Bonchev–Trinajstić information content (AvgIpc) is 3.22. The van der Waals surface area contributed by atoms with Crippen LogP contribution in [0.4, 0.5) is 0 Å². The molecule has 0 bridgehead atoms. The van der Waals surface area contributed by atoms with Crippen molar-refractivity contribution in [1.82, 2.24) is 5.32 Å². The Morgan fingerprint density at radius 1 is 1.05 bits per heavy atom. The van der Waals surface area contributed by atoms with Crippen molar-refractivity contribution in [2.24, 2.45) is 11.8 Å². The first kappa shape index (κ1) is 12.0. The number of nitrogens with one attached hydrogen (secondary N) is 1. The van der Waals surface area contributed by atoms with Crippen molar-refractivity contribution in [3.05, 3.63) is 35.4 Å². The maximum Gasteiger partial charge on any atom is 0.0126 e. The van der Waals surface area contributed by atoms with E-state index in [2.05, 4.69) is 36.5 Å². The predicted molar refractivity (Wildman–Crippen MR) is 79.3 cm³/mol. The van der Waals surface area contributed by atoms with Crippen LogP contribution in [0, 0.1) is 18.8 Å². The van der Waals surface area contributed by atoms with Gasteiger partial charge in [0.15, 0.2) is 0 Å². The van der Waals surface area contributed by atoms with Gasteiger partial charge in [0, 0.05) is 12.1 Å². The van der Waals surface area contributed by atoms with Crippen LogP contribution in [0.15, 0.2) is 24.3 Å². The Morgan fingerprint density at radius 2 is 1.74 bits per heavy atom. The molecule has 19 heavy (non-hydrogen) atoms. The topological polar surface area (TPSA) is 12.0 Å². The maximum atomic E-state index is 3.99. The SMILES string of the molecule is Cc1cccc(C2CC(NC(C3CC3)C3CC3)C2)c1. The summed E-state index contributed by atoms with van der Waals surface area (Å²) in [6.07, 6.45) is 8.67. The van der Waals surface area contributed by atoms with E-state index in [9.17, 15) is 0 Å². The highest BCUT2D eigenvalue weighted by Crippen LogP contribution is 2.46. The van der Waals surface area contributed by atoms with Gasteiger partial charge < -0.3 is 5.32 Å². The molecular weight excluding hydrogens is 230 g/mol. The van der Waals surface area contributed by atoms with Gasteiger partial charge in [0.25, 0.3) is 0 Å². The number of hydrogen-bond acceptors (Lipinski definition) is 1. The Labute approximate surface area is 116 Å². The molecule has 0 aromatic heterocycles. The van der Waals surface area contributed by atoms with E-state index >= 15 is 0 Å². The maximum absolute atomic E-state index is 3.99. The lowest BCUT2D eigenvalue weighted by atomic mass is 9.75. The van der Waals surface area contributed by atoms with Crippen molar-refractivity contribution in [1.29, 1.82) is 0 Å². The van der Waals surface area contributed by atoms with Gasteiger partial charge in [0.1, 0.15) is 0 Å². The second-order valence-electron chi connectivity index (χ2n) is 7.15. The first-order valence-corrected chi connectivity index (χ1v) is 8.12. The number of hydrogen-bond donors (Lipinski definition) is 1. The molecule has 1 N–H and O–H groups in total. The van der Waals surface area contributed by atoms with Crippen LogP contribution in [0.1, 0.15) is 55.6 Å². The Morgan fingerprint density at radius 3 is 2.32 bits per heavy atom. The fourth-order valence-electron chi connectivity index (χ4n) is 3.79. The van der Waals surface area contributed by atoms with Crippen molar-refractivity contribution in [2.45, 2.75) is 63.5 Å². The van der Waals surface area contributed by atoms with Gasteiger partial charge in [-0.3, -0.25) is 0 Å². The monoisotopic (exact) mass is 255 g/mol. The highest BCUT2D eigenvalue weighted by atomic mass is 15.0. The second kappa shape index (κ2) is 4.63. The molecule has 1 aromatic carbocycles. The number of aryl methyl sites for hydroxylation is 1. The largest absolute Gasteiger partial charge is 0.311 e. The summed E-state index contributed by atoms with van der Waals surface area (Å²) >= 11 is 0. The molecule has 0 saturated heterocycles. The minimum Gasteiger partial charge on any atom is -0.311 e. The Hall–Kier alpha value is -0.820. The van der Waals surface area contributed by atoms with Crippen LogP contribution in [-0.2, 0) is 0 Å². The number of benzene rings is 1. The fraction of sp³-hybridized carbons (Fsp3) is 0.667. The summed E-state index contributed by atoms with van der Waals surface area (Å²) in [5.74, 6) is 2.88. The molecular formula is C18H25N. The molecule has 4 rings (SSSR count). The van der Waals surface area contributed by atoms with Gasteiger partial charge in [0.05, 0.1) is 0 Å². The third-order valence-electron chi connectivity index (χ3n) is 5.34. The highest BCUT2D eigenvalue weighted by Gasteiger charge is 2.43. The molecule has 102 valence electrons. The van der Waals surface area contributed by atoms with E-state index in [1.165, 1.54) is 44.1 Å². The molecule has 0 atom stereocenters. The van der Waals surface area contributed by atoms with E-state index in [0.717, 1.165) is 29.8 Å². The molecule has 0 radical (unpaired) electrons. The summed E-state index contributed by atoms with van der Waals surface area (Å²) in [5, 5.41) is 3.99. The van der Waals surface area contributed by atoms with E-state index in [4.69, 9.17) is 0 Å². The van der Waals surface area contributed by atoms with Crippen LogP contribution >= 0.6 is 0 Å². The van der Waals surface area contributed by atoms with E-state index in [1.54, 1.807) is 5.56 Å². The molecule has 1 heteroatoms. The Balaban J connectivity index is 1.32. The molecule has 0 amide bonds. The van der Waals surface area contributed by atoms with E-state index < -0.39 is 0 Å². The van der Waals surface area contributed by atoms with Gasteiger partial charge in [0.2, 0.25) is 0 Å². The molecule has 0 aliphatic heterocycles.